The zero-order valence-corrected chi connectivity index (χ0v) is 10.0. The van der Waals surface area contributed by atoms with Crippen LogP contribution in [-0.4, -0.2) is 24.8 Å². The lowest BCUT2D eigenvalue weighted by Gasteiger charge is -2.06. The Kier molecular flexibility index (Phi) is 5.96. The summed E-state index contributed by atoms with van der Waals surface area (Å²) in [5, 5.41) is 10.3. The van der Waals surface area contributed by atoms with Crippen LogP contribution >= 0.6 is 0 Å². The van der Waals surface area contributed by atoms with Crippen molar-refractivity contribution in [3.8, 4) is 0 Å². The summed E-state index contributed by atoms with van der Waals surface area (Å²) >= 11 is 0. The van der Waals surface area contributed by atoms with Gasteiger partial charge in [0.15, 0.2) is 0 Å². The van der Waals surface area contributed by atoms with Crippen molar-refractivity contribution in [3.63, 3.8) is 0 Å². The van der Waals surface area contributed by atoms with Crippen molar-refractivity contribution in [2.24, 2.45) is 0 Å². The first-order chi connectivity index (χ1) is 8.18. The number of esters is 1. The topological polar surface area (TPSA) is 62.2 Å². The number of hydrogen-bond donors (Lipinski definition) is 2. The van der Waals surface area contributed by atoms with E-state index >= 15 is 0 Å². The van der Waals surface area contributed by atoms with Crippen molar-refractivity contribution in [1.82, 2.24) is 5.32 Å². The van der Waals surface area contributed by atoms with Crippen LogP contribution in [0.4, 0.5) is 0 Å². The molecule has 0 aliphatic rings. The Bertz CT molecular complexity index is 363. The molecule has 1 aromatic carbocycles. The van der Waals surface area contributed by atoms with Crippen LogP contribution in [0.5, 0.6) is 0 Å². The van der Waals surface area contributed by atoms with E-state index in [0.29, 0.717) is 18.9 Å². The van der Waals surface area contributed by atoms with E-state index in [2.05, 4.69) is 5.32 Å². The molecule has 0 unspecified atom stereocenters. The predicted octanol–water partition coefficient (Wildman–Crippen LogP) is 1.75. The summed E-state index contributed by atoms with van der Waals surface area (Å²) in [5.41, 5.74) is 1.53. The van der Waals surface area contributed by atoms with Crippen LogP contribution in [0, 0.1) is 5.41 Å². The third kappa shape index (κ3) is 6.48. The zero-order valence-electron chi connectivity index (χ0n) is 10.0. The molecule has 0 aromatic heterocycles. The van der Waals surface area contributed by atoms with Crippen LogP contribution in [0.25, 0.3) is 0 Å². The molecule has 0 bridgehead atoms. The van der Waals surface area contributed by atoms with Gasteiger partial charge in [0.1, 0.15) is 6.61 Å². The van der Waals surface area contributed by atoms with E-state index in [0.717, 1.165) is 6.54 Å². The monoisotopic (exact) mass is 234 g/mol. The molecule has 0 fully saturated rings. The lowest BCUT2D eigenvalue weighted by Crippen LogP contribution is -2.21. The molecule has 0 saturated carbocycles. The summed E-state index contributed by atoms with van der Waals surface area (Å²) in [7, 11) is 0. The highest BCUT2D eigenvalue weighted by Crippen LogP contribution is 1.96. The maximum absolute atomic E-state index is 11.1. The summed E-state index contributed by atoms with van der Waals surface area (Å²) in [5.74, 6) is -0.334. The Labute approximate surface area is 101 Å². The van der Waals surface area contributed by atoms with Gasteiger partial charge in [0, 0.05) is 18.8 Å². The van der Waals surface area contributed by atoms with Gasteiger partial charge in [-0.25, -0.2) is 0 Å². The smallest absolute Gasteiger partial charge is 0.311 e. The van der Waals surface area contributed by atoms with Gasteiger partial charge < -0.3 is 15.5 Å². The van der Waals surface area contributed by atoms with E-state index in [1.165, 1.54) is 5.56 Å². The SMILES string of the molecule is CC(=N)CC(=O)OCCNCc1ccccc1. The van der Waals surface area contributed by atoms with Crippen molar-refractivity contribution in [1.29, 1.82) is 5.41 Å². The highest BCUT2D eigenvalue weighted by Gasteiger charge is 2.02. The second-order valence-corrected chi connectivity index (χ2v) is 3.84. The maximum Gasteiger partial charge on any atom is 0.311 e. The number of carbonyl (C=O) groups excluding carboxylic acids is 1. The minimum Gasteiger partial charge on any atom is -0.464 e. The van der Waals surface area contributed by atoms with Crippen LogP contribution in [0.1, 0.15) is 18.9 Å². The quantitative estimate of drug-likeness (QED) is 0.429. The van der Waals surface area contributed by atoms with Crippen LogP contribution in [-0.2, 0) is 16.1 Å². The van der Waals surface area contributed by atoms with Crippen LogP contribution in [0.2, 0.25) is 0 Å². The third-order valence-electron chi connectivity index (χ3n) is 2.12. The first-order valence-corrected chi connectivity index (χ1v) is 5.63. The molecular weight excluding hydrogens is 216 g/mol. The van der Waals surface area contributed by atoms with Crippen molar-refractivity contribution in [3.05, 3.63) is 35.9 Å². The molecule has 0 heterocycles. The van der Waals surface area contributed by atoms with E-state index in [4.69, 9.17) is 10.1 Å². The summed E-state index contributed by atoms with van der Waals surface area (Å²) in [6, 6.07) is 10.0. The highest BCUT2D eigenvalue weighted by atomic mass is 16.5. The normalized spacial score (nSPS) is 9.94. The van der Waals surface area contributed by atoms with E-state index in [-0.39, 0.29) is 12.4 Å². The lowest BCUT2D eigenvalue weighted by atomic mass is 10.2. The number of ether oxygens (including phenoxy) is 1. The molecule has 4 heteroatoms. The molecule has 17 heavy (non-hydrogen) atoms. The molecule has 2 N–H and O–H groups in total. The highest BCUT2D eigenvalue weighted by molar-refractivity contribution is 5.95. The molecule has 0 radical (unpaired) electrons. The molecule has 0 atom stereocenters. The van der Waals surface area contributed by atoms with Crippen LogP contribution in [0.3, 0.4) is 0 Å². The minimum absolute atomic E-state index is 0.0820. The van der Waals surface area contributed by atoms with Crippen LogP contribution in [0.15, 0.2) is 30.3 Å². The van der Waals surface area contributed by atoms with E-state index in [9.17, 15) is 4.79 Å². The van der Waals surface area contributed by atoms with Gasteiger partial charge in [-0.1, -0.05) is 30.3 Å². The fourth-order valence-corrected chi connectivity index (χ4v) is 1.33. The molecule has 1 aromatic rings. The van der Waals surface area contributed by atoms with Gasteiger partial charge in [0.25, 0.3) is 0 Å². The maximum atomic E-state index is 11.1. The average molecular weight is 234 g/mol. The molecular formula is C13H18N2O2. The van der Waals surface area contributed by atoms with Gasteiger partial charge in [0.05, 0.1) is 6.42 Å². The minimum atomic E-state index is -0.334. The summed E-state index contributed by atoms with van der Waals surface area (Å²) in [4.78, 5) is 11.1. The Hall–Kier alpha value is -1.68. The van der Waals surface area contributed by atoms with Gasteiger partial charge in [0.2, 0.25) is 0 Å². The van der Waals surface area contributed by atoms with Gasteiger partial charge in [-0.3, -0.25) is 4.79 Å². The van der Waals surface area contributed by atoms with Crippen molar-refractivity contribution >= 4 is 11.7 Å². The van der Waals surface area contributed by atoms with Crippen molar-refractivity contribution in [2.75, 3.05) is 13.2 Å². The standard InChI is InChI=1S/C13H18N2O2/c1-11(14)9-13(16)17-8-7-15-10-12-5-3-2-4-6-12/h2-6,14-15H,7-10H2,1H3. The Morgan fingerprint density at radius 1 is 1.35 bits per heavy atom. The second-order valence-electron chi connectivity index (χ2n) is 3.84. The zero-order chi connectivity index (χ0) is 12.5. The van der Waals surface area contributed by atoms with Gasteiger partial charge in [-0.05, 0) is 12.5 Å². The third-order valence-corrected chi connectivity index (χ3v) is 2.12. The number of benzene rings is 1. The molecule has 1 rings (SSSR count). The van der Waals surface area contributed by atoms with Crippen molar-refractivity contribution in [2.45, 2.75) is 19.9 Å². The summed E-state index contributed by atoms with van der Waals surface area (Å²) in [6.07, 6.45) is 0.0820. The molecule has 4 nitrogen and oxygen atoms in total. The number of rotatable bonds is 7. The molecule has 92 valence electrons. The van der Waals surface area contributed by atoms with Crippen molar-refractivity contribution < 1.29 is 9.53 Å². The second kappa shape index (κ2) is 7.57. The van der Waals surface area contributed by atoms with Gasteiger partial charge >= 0.3 is 5.97 Å². The van der Waals surface area contributed by atoms with Gasteiger partial charge in [-0.2, -0.15) is 0 Å². The van der Waals surface area contributed by atoms with E-state index < -0.39 is 0 Å². The van der Waals surface area contributed by atoms with Gasteiger partial charge in [-0.15, -0.1) is 0 Å². The first-order valence-electron chi connectivity index (χ1n) is 5.63. The van der Waals surface area contributed by atoms with E-state index in [1.54, 1.807) is 6.92 Å². The fraction of sp³-hybridized carbons (Fsp3) is 0.385. The molecule has 0 aliphatic carbocycles. The summed E-state index contributed by atoms with van der Waals surface area (Å²) in [6.45, 7) is 3.33. The average Bonchev–Trinajstić information content (AvgIpc) is 2.29. The lowest BCUT2D eigenvalue weighted by molar-refractivity contribution is -0.142. The molecule has 0 saturated heterocycles. The molecule has 0 spiro atoms. The Balaban J connectivity index is 2.05. The fourth-order valence-electron chi connectivity index (χ4n) is 1.33. The Morgan fingerprint density at radius 2 is 2.06 bits per heavy atom. The number of carbonyl (C=O) groups is 1. The number of hydrogen-bond acceptors (Lipinski definition) is 4. The predicted molar refractivity (Wildman–Crippen MR) is 67.1 cm³/mol. The molecule has 0 aliphatic heterocycles. The first kappa shape index (κ1) is 13.4. The van der Waals surface area contributed by atoms with Crippen LogP contribution < -0.4 is 5.32 Å². The summed E-state index contributed by atoms with van der Waals surface area (Å²) < 4.78 is 4.95. The largest absolute Gasteiger partial charge is 0.464 e. The Morgan fingerprint density at radius 3 is 2.71 bits per heavy atom. The molecule has 0 amide bonds. The number of nitrogens with one attached hydrogen (secondary N) is 2. The van der Waals surface area contributed by atoms with E-state index in [1.807, 2.05) is 30.3 Å².